The molecule has 2 N–H and O–H groups in total. The van der Waals surface area contributed by atoms with Gasteiger partial charge in [-0.05, 0) is 43.9 Å². The predicted octanol–water partition coefficient (Wildman–Crippen LogP) is 2.14. The average Bonchev–Trinajstić information content (AvgIpc) is 2.88. The van der Waals surface area contributed by atoms with Crippen LogP contribution in [-0.4, -0.2) is 18.5 Å². The Labute approximate surface area is 109 Å². The van der Waals surface area contributed by atoms with E-state index in [2.05, 4.69) is 29.7 Å². The van der Waals surface area contributed by atoms with Crippen molar-refractivity contribution in [2.45, 2.75) is 45.2 Å². The Morgan fingerprint density at radius 2 is 2.28 bits per heavy atom. The van der Waals surface area contributed by atoms with Crippen LogP contribution < -0.4 is 10.6 Å². The first-order valence-electron chi connectivity index (χ1n) is 6.80. The van der Waals surface area contributed by atoms with E-state index in [4.69, 9.17) is 0 Å². The SMILES string of the molecule is Cc1ccccc1CNC(=O)CCC1CCCN1. The smallest absolute Gasteiger partial charge is 0.220 e. The Bertz CT molecular complexity index is 397. The molecular formula is C15H22N2O. The summed E-state index contributed by atoms with van der Waals surface area (Å²) in [5.41, 5.74) is 2.43. The van der Waals surface area contributed by atoms with Gasteiger partial charge in [0.05, 0.1) is 0 Å². The molecule has 3 nitrogen and oxygen atoms in total. The molecule has 98 valence electrons. The van der Waals surface area contributed by atoms with Gasteiger partial charge in [0.15, 0.2) is 0 Å². The largest absolute Gasteiger partial charge is 0.352 e. The summed E-state index contributed by atoms with van der Waals surface area (Å²) in [6.45, 7) is 3.82. The second kappa shape index (κ2) is 6.55. The Morgan fingerprint density at radius 3 is 3.00 bits per heavy atom. The van der Waals surface area contributed by atoms with E-state index in [1.165, 1.54) is 24.0 Å². The lowest BCUT2D eigenvalue weighted by molar-refractivity contribution is -0.121. The highest BCUT2D eigenvalue weighted by atomic mass is 16.1. The van der Waals surface area contributed by atoms with E-state index >= 15 is 0 Å². The molecule has 0 aliphatic carbocycles. The normalized spacial score (nSPS) is 18.8. The Hall–Kier alpha value is -1.35. The van der Waals surface area contributed by atoms with Crippen molar-refractivity contribution in [1.29, 1.82) is 0 Å². The van der Waals surface area contributed by atoms with Crippen LogP contribution in [0.15, 0.2) is 24.3 Å². The zero-order valence-electron chi connectivity index (χ0n) is 11.0. The molecule has 0 bridgehead atoms. The van der Waals surface area contributed by atoms with Gasteiger partial charge in [-0.25, -0.2) is 0 Å². The highest BCUT2D eigenvalue weighted by molar-refractivity contribution is 5.75. The van der Waals surface area contributed by atoms with Crippen molar-refractivity contribution >= 4 is 5.91 Å². The van der Waals surface area contributed by atoms with Crippen LogP contribution in [0.3, 0.4) is 0 Å². The van der Waals surface area contributed by atoms with Crippen molar-refractivity contribution < 1.29 is 4.79 Å². The van der Waals surface area contributed by atoms with Crippen molar-refractivity contribution in [2.75, 3.05) is 6.54 Å². The van der Waals surface area contributed by atoms with Gasteiger partial charge in [0.2, 0.25) is 5.91 Å². The fraction of sp³-hybridized carbons (Fsp3) is 0.533. The number of nitrogens with one attached hydrogen (secondary N) is 2. The van der Waals surface area contributed by atoms with Gasteiger partial charge in [0, 0.05) is 19.0 Å². The molecule has 1 aliphatic heterocycles. The molecule has 1 amide bonds. The summed E-state index contributed by atoms with van der Waals surface area (Å²) < 4.78 is 0. The van der Waals surface area contributed by atoms with Crippen molar-refractivity contribution in [1.82, 2.24) is 10.6 Å². The van der Waals surface area contributed by atoms with Crippen LogP contribution in [0.25, 0.3) is 0 Å². The maximum Gasteiger partial charge on any atom is 0.220 e. The molecule has 1 aromatic carbocycles. The number of rotatable bonds is 5. The highest BCUT2D eigenvalue weighted by Crippen LogP contribution is 2.11. The lowest BCUT2D eigenvalue weighted by Gasteiger charge is -2.11. The first-order valence-corrected chi connectivity index (χ1v) is 6.80. The topological polar surface area (TPSA) is 41.1 Å². The van der Waals surface area contributed by atoms with Crippen LogP contribution in [0, 0.1) is 6.92 Å². The lowest BCUT2D eigenvalue weighted by Crippen LogP contribution is -2.27. The summed E-state index contributed by atoms with van der Waals surface area (Å²) in [6, 6.07) is 8.72. The molecule has 1 atom stereocenters. The predicted molar refractivity (Wildman–Crippen MR) is 73.3 cm³/mol. The van der Waals surface area contributed by atoms with E-state index in [9.17, 15) is 4.79 Å². The molecule has 0 spiro atoms. The molecule has 3 heteroatoms. The molecule has 0 radical (unpaired) electrons. The first-order chi connectivity index (χ1) is 8.75. The second-order valence-electron chi connectivity index (χ2n) is 5.04. The minimum absolute atomic E-state index is 0.159. The Kier molecular flexibility index (Phi) is 4.76. The zero-order valence-corrected chi connectivity index (χ0v) is 11.0. The molecule has 1 aromatic rings. The van der Waals surface area contributed by atoms with Crippen LogP contribution in [0.1, 0.15) is 36.8 Å². The Balaban J connectivity index is 1.69. The molecule has 1 unspecified atom stereocenters. The Morgan fingerprint density at radius 1 is 1.44 bits per heavy atom. The fourth-order valence-corrected chi connectivity index (χ4v) is 2.40. The fourth-order valence-electron chi connectivity index (χ4n) is 2.40. The number of carbonyl (C=O) groups is 1. The molecule has 2 rings (SSSR count). The standard InChI is InChI=1S/C15H22N2O/c1-12-5-2-3-6-13(12)11-17-15(18)9-8-14-7-4-10-16-14/h2-3,5-6,14,16H,4,7-11H2,1H3,(H,17,18). The van der Waals surface area contributed by atoms with E-state index in [1.54, 1.807) is 0 Å². The van der Waals surface area contributed by atoms with E-state index in [-0.39, 0.29) is 5.91 Å². The van der Waals surface area contributed by atoms with Crippen LogP contribution in [-0.2, 0) is 11.3 Å². The van der Waals surface area contributed by atoms with Crippen molar-refractivity contribution in [2.24, 2.45) is 0 Å². The maximum atomic E-state index is 11.7. The maximum absolute atomic E-state index is 11.7. The van der Waals surface area contributed by atoms with E-state index in [0.717, 1.165) is 13.0 Å². The van der Waals surface area contributed by atoms with Gasteiger partial charge >= 0.3 is 0 Å². The monoisotopic (exact) mass is 246 g/mol. The second-order valence-corrected chi connectivity index (χ2v) is 5.04. The van der Waals surface area contributed by atoms with Crippen molar-refractivity contribution in [3.8, 4) is 0 Å². The van der Waals surface area contributed by atoms with Crippen LogP contribution in [0.4, 0.5) is 0 Å². The zero-order chi connectivity index (χ0) is 12.8. The van der Waals surface area contributed by atoms with Gasteiger partial charge < -0.3 is 10.6 Å². The molecule has 18 heavy (non-hydrogen) atoms. The summed E-state index contributed by atoms with van der Waals surface area (Å²) in [6.07, 6.45) is 4.05. The van der Waals surface area contributed by atoms with E-state index in [1.807, 2.05) is 12.1 Å². The van der Waals surface area contributed by atoms with Gasteiger partial charge in [-0.1, -0.05) is 24.3 Å². The molecule has 1 heterocycles. The molecule has 0 aromatic heterocycles. The van der Waals surface area contributed by atoms with Gasteiger partial charge in [-0.15, -0.1) is 0 Å². The van der Waals surface area contributed by atoms with Gasteiger partial charge in [-0.2, -0.15) is 0 Å². The summed E-state index contributed by atoms with van der Waals surface area (Å²) in [4.78, 5) is 11.7. The molecule has 1 fully saturated rings. The van der Waals surface area contributed by atoms with Gasteiger partial charge in [-0.3, -0.25) is 4.79 Å². The summed E-state index contributed by atoms with van der Waals surface area (Å²) in [7, 11) is 0. The van der Waals surface area contributed by atoms with Gasteiger partial charge in [0.25, 0.3) is 0 Å². The number of carbonyl (C=O) groups excluding carboxylic acids is 1. The number of hydrogen-bond donors (Lipinski definition) is 2. The van der Waals surface area contributed by atoms with E-state index in [0.29, 0.717) is 19.0 Å². The molecule has 1 saturated heterocycles. The number of benzene rings is 1. The van der Waals surface area contributed by atoms with Crippen LogP contribution >= 0.6 is 0 Å². The summed E-state index contributed by atoms with van der Waals surface area (Å²) in [5.74, 6) is 0.159. The third-order valence-electron chi connectivity index (χ3n) is 3.62. The van der Waals surface area contributed by atoms with Crippen molar-refractivity contribution in [3.05, 3.63) is 35.4 Å². The highest BCUT2D eigenvalue weighted by Gasteiger charge is 2.15. The van der Waals surface area contributed by atoms with Gasteiger partial charge in [0.1, 0.15) is 0 Å². The molecule has 0 saturated carbocycles. The van der Waals surface area contributed by atoms with Crippen molar-refractivity contribution in [3.63, 3.8) is 0 Å². The van der Waals surface area contributed by atoms with Crippen LogP contribution in [0.2, 0.25) is 0 Å². The molecule has 1 aliphatic rings. The third-order valence-corrected chi connectivity index (χ3v) is 3.62. The average molecular weight is 246 g/mol. The van der Waals surface area contributed by atoms with Crippen LogP contribution in [0.5, 0.6) is 0 Å². The first kappa shape index (κ1) is 13.1. The summed E-state index contributed by atoms with van der Waals surface area (Å²) in [5, 5.41) is 6.41. The lowest BCUT2D eigenvalue weighted by atomic mass is 10.1. The van der Waals surface area contributed by atoms with E-state index < -0.39 is 0 Å². The number of hydrogen-bond acceptors (Lipinski definition) is 2. The number of aryl methyl sites for hydroxylation is 1. The third kappa shape index (κ3) is 3.84. The quantitative estimate of drug-likeness (QED) is 0.835. The number of amides is 1. The molecular weight excluding hydrogens is 224 g/mol. The minimum atomic E-state index is 0.159. The summed E-state index contributed by atoms with van der Waals surface area (Å²) >= 11 is 0. The minimum Gasteiger partial charge on any atom is -0.352 e.